The molecule has 2 aromatic rings. The molecule has 0 spiro atoms. The van der Waals surface area contributed by atoms with Gasteiger partial charge in [0, 0.05) is 5.41 Å². The summed E-state index contributed by atoms with van der Waals surface area (Å²) in [6.07, 6.45) is 19.6. The van der Waals surface area contributed by atoms with E-state index in [0.29, 0.717) is 0 Å². The normalized spacial score (nSPS) is 11.9. The van der Waals surface area contributed by atoms with Gasteiger partial charge in [0.1, 0.15) is 11.5 Å². The Kier molecular flexibility index (Phi) is 20.4. The standard InChI is InChI=1S/C35H58O6P2/c1-5-7-9-11-13-15-17-23-31-25-19-21-27-33(31)40-43(39-30-35(3,4)29-38-42(36)37)41-34-28-22-20-26-32(34)24-18-16-14-12-10-8-6-2/h19-22,25-28,36-37H,5-18,23-24,29-30H2,1-4H3. The van der Waals surface area contributed by atoms with Crippen LogP contribution in [0.5, 0.6) is 11.5 Å². The van der Waals surface area contributed by atoms with Gasteiger partial charge in [-0.1, -0.05) is 141 Å². The Hall–Kier alpha value is -1.26. The van der Waals surface area contributed by atoms with Crippen molar-refractivity contribution in [3.63, 3.8) is 0 Å². The van der Waals surface area contributed by atoms with E-state index in [2.05, 4.69) is 38.1 Å². The molecule has 6 nitrogen and oxygen atoms in total. The van der Waals surface area contributed by atoms with Crippen LogP contribution in [-0.4, -0.2) is 23.0 Å². The SMILES string of the molecule is CCCCCCCCCc1ccccc1OP(OCC(C)(C)COP(O)O)Oc1ccccc1CCCCCCCCC. The lowest BCUT2D eigenvalue weighted by Gasteiger charge is -2.27. The monoisotopic (exact) mass is 636 g/mol. The van der Waals surface area contributed by atoms with Gasteiger partial charge in [-0.15, -0.1) is 0 Å². The average molecular weight is 637 g/mol. The molecule has 43 heavy (non-hydrogen) atoms. The maximum Gasteiger partial charge on any atom is 0.463 e. The summed E-state index contributed by atoms with van der Waals surface area (Å²) in [5.74, 6) is 1.60. The smallest absolute Gasteiger partial charge is 0.417 e. The first kappa shape index (κ1) is 37.9. The van der Waals surface area contributed by atoms with Crippen molar-refractivity contribution in [3.05, 3.63) is 59.7 Å². The number of aryl methyl sites for hydroxylation is 2. The van der Waals surface area contributed by atoms with Gasteiger partial charge in [-0.3, -0.25) is 4.52 Å². The fourth-order valence-electron chi connectivity index (χ4n) is 4.88. The van der Waals surface area contributed by atoms with Crippen LogP contribution < -0.4 is 9.05 Å². The Morgan fingerprint density at radius 2 is 0.953 bits per heavy atom. The molecule has 0 saturated heterocycles. The summed E-state index contributed by atoms with van der Waals surface area (Å²) in [5, 5.41) is 0. The minimum absolute atomic E-state index is 0.151. The molecule has 0 heterocycles. The molecular formula is C35H58O6P2. The van der Waals surface area contributed by atoms with Crippen molar-refractivity contribution in [2.75, 3.05) is 13.2 Å². The van der Waals surface area contributed by atoms with Gasteiger partial charge in [0.2, 0.25) is 0 Å². The van der Waals surface area contributed by atoms with Gasteiger partial charge in [-0.05, 0) is 48.9 Å². The number of unbranched alkanes of at least 4 members (excludes halogenated alkanes) is 12. The van der Waals surface area contributed by atoms with Gasteiger partial charge in [0.25, 0.3) is 0 Å². The summed E-state index contributed by atoms with van der Waals surface area (Å²) in [4.78, 5) is 18.5. The molecule has 0 bridgehead atoms. The third-order valence-electron chi connectivity index (χ3n) is 7.52. The number of rotatable bonds is 26. The van der Waals surface area contributed by atoms with Gasteiger partial charge in [-0.25, -0.2) is 0 Å². The second-order valence-corrected chi connectivity index (χ2v) is 14.2. The van der Waals surface area contributed by atoms with E-state index in [-0.39, 0.29) is 13.2 Å². The van der Waals surface area contributed by atoms with Crippen molar-refractivity contribution in [2.45, 2.75) is 130 Å². The van der Waals surface area contributed by atoms with Gasteiger partial charge >= 0.3 is 17.2 Å². The molecule has 0 aliphatic carbocycles. The lowest BCUT2D eigenvalue weighted by Crippen LogP contribution is -2.24. The Morgan fingerprint density at radius 1 is 0.558 bits per heavy atom. The van der Waals surface area contributed by atoms with E-state index in [4.69, 9.17) is 18.1 Å². The van der Waals surface area contributed by atoms with Crippen molar-refractivity contribution in [1.82, 2.24) is 0 Å². The van der Waals surface area contributed by atoms with Crippen LogP contribution in [-0.2, 0) is 21.9 Å². The van der Waals surface area contributed by atoms with Crippen molar-refractivity contribution in [3.8, 4) is 11.5 Å². The van der Waals surface area contributed by atoms with Gasteiger partial charge in [0.05, 0.1) is 13.2 Å². The molecule has 8 heteroatoms. The summed E-state index contributed by atoms with van der Waals surface area (Å²) >= 11 is 0. The molecule has 2 N–H and O–H groups in total. The molecule has 0 fully saturated rings. The minimum Gasteiger partial charge on any atom is -0.417 e. The fraction of sp³-hybridized carbons (Fsp3) is 0.657. The van der Waals surface area contributed by atoms with E-state index in [9.17, 15) is 9.79 Å². The molecule has 244 valence electrons. The minimum atomic E-state index is -2.42. The van der Waals surface area contributed by atoms with E-state index in [1.54, 1.807) is 0 Å². The molecule has 0 aromatic heterocycles. The lowest BCUT2D eigenvalue weighted by atomic mass is 9.97. The van der Waals surface area contributed by atoms with Crippen LogP contribution in [0, 0.1) is 5.41 Å². The Morgan fingerprint density at radius 3 is 1.40 bits per heavy atom. The average Bonchev–Trinajstić information content (AvgIpc) is 2.99. The van der Waals surface area contributed by atoms with Crippen LogP contribution >= 0.6 is 17.2 Å². The summed E-state index contributed by atoms with van der Waals surface area (Å²) in [7, 11) is -4.19. The fourth-order valence-corrected chi connectivity index (χ4v) is 6.62. The number of hydrogen-bond acceptors (Lipinski definition) is 6. The van der Waals surface area contributed by atoms with Crippen LogP contribution in [0.4, 0.5) is 0 Å². The highest BCUT2D eigenvalue weighted by atomic mass is 31.2. The van der Waals surface area contributed by atoms with Crippen molar-refractivity contribution in [2.24, 2.45) is 5.41 Å². The highest BCUT2D eigenvalue weighted by Gasteiger charge is 2.27. The first-order valence-corrected chi connectivity index (χ1v) is 18.9. The predicted octanol–water partition coefficient (Wildman–Crippen LogP) is 11.2. The van der Waals surface area contributed by atoms with Crippen LogP contribution in [0.3, 0.4) is 0 Å². The quantitative estimate of drug-likeness (QED) is 0.0790. The highest BCUT2D eigenvalue weighted by molar-refractivity contribution is 7.42. The second-order valence-electron chi connectivity index (χ2n) is 12.3. The van der Waals surface area contributed by atoms with E-state index in [0.717, 1.165) is 37.2 Å². The third-order valence-corrected chi connectivity index (χ3v) is 8.91. The first-order valence-electron chi connectivity index (χ1n) is 16.6. The molecule has 0 aliphatic rings. The molecule has 0 atom stereocenters. The second kappa shape index (κ2) is 23.1. The largest absolute Gasteiger partial charge is 0.463 e. The number of para-hydroxylation sites is 2. The molecule has 0 amide bonds. The molecular weight excluding hydrogens is 578 g/mol. The molecule has 0 radical (unpaired) electrons. The number of hydrogen-bond donors (Lipinski definition) is 2. The third kappa shape index (κ3) is 17.7. The van der Waals surface area contributed by atoms with Gasteiger partial charge in [-0.2, -0.15) is 0 Å². The van der Waals surface area contributed by atoms with Crippen LogP contribution in [0.2, 0.25) is 0 Å². The zero-order valence-corrected chi connectivity index (χ0v) is 29.1. The number of benzene rings is 2. The van der Waals surface area contributed by atoms with E-state index >= 15 is 0 Å². The molecule has 0 saturated carbocycles. The van der Waals surface area contributed by atoms with Crippen LogP contribution in [0.15, 0.2) is 48.5 Å². The van der Waals surface area contributed by atoms with Crippen molar-refractivity contribution in [1.29, 1.82) is 0 Å². The topological polar surface area (TPSA) is 77.4 Å². The molecule has 0 unspecified atom stereocenters. The summed E-state index contributed by atoms with van der Waals surface area (Å²) in [5.41, 5.74) is 1.87. The Bertz CT molecular complexity index is 907. The highest BCUT2D eigenvalue weighted by Crippen LogP contribution is 2.45. The Labute approximate surface area is 264 Å². The maximum absolute atomic E-state index is 9.24. The van der Waals surface area contributed by atoms with Crippen LogP contribution in [0.1, 0.15) is 129 Å². The molecule has 2 aromatic carbocycles. The van der Waals surface area contributed by atoms with Gasteiger partial charge < -0.3 is 23.4 Å². The first-order chi connectivity index (χ1) is 20.8. The zero-order chi connectivity index (χ0) is 31.2. The summed E-state index contributed by atoms with van der Waals surface area (Å²) in [6, 6.07) is 16.4. The Balaban J connectivity index is 2.08. The molecule has 0 aliphatic heterocycles. The van der Waals surface area contributed by atoms with Gasteiger partial charge in [0.15, 0.2) is 0 Å². The van der Waals surface area contributed by atoms with Crippen molar-refractivity contribution < 1.29 is 27.9 Å². The van der Waals surface area contributed by atoms with E-state index in [1.807, 2.05) is 38.1 Å². The lowest BCUT2D eigenvalue weighted by molar-refractivity contribution is 0.0959. The van der Waals surface area contributed by atoms with E-state index < -0.39 is 22.6 Å². The summed E-state index contributed by atoms with van der Waals surface area (Å²) in [6.45, 7) is 8.86. The van der Waals surface area contributed by atoms with Crippen LogP contribution in [0.25, 0.3) is 0 Å². The maximum atomic E-state index is 9.24. The predicted molar refractivity (Wildman–Crippen MR) is 181 cm³/mol. The summed E-state index contributed by atoms with van der Waals surface area (Å²) < 4.78 is 24.4. The van der Waals surface area contributed by atoms with E-state index in [1.165, 1.54) is 88.2 Å². The zero-order valence-electron chi connectivity index (χ0n) is 27.3. The molecule has 2 rings (SSSR count). The van der Waals surface area contributed by atoms with Crippen molar-refractivity contribution >= 4 is 17.2 Å².